The van der Waals surface area contributed by atoms with Gasteiger partial charge in [-0.15, -0.1) is 5.10 Å². The van der Waals surface area contributed by atoms with Crippen molar-refractivity contribution in [2.24, 2.45) is 0 Å². The van der Waals surface area contributed by atoms with Crippen molar-refractivity contribution in [2.45, 2.75) is 64.4 Å². The monoisotopic (exact) mass is 687 g/mol. The van der Waals surface area contributed by atoms with Gasteiger partial charge in [0.2, 0.25) is 0 Å². The van der Waals surface area contributed by atoms with E-state index in [4.69, 9.17) is 25.8 Å². The van der Waals surface area contributed by atoms with Crippen LogP contribution in [0.4, 0.5) is 10.2 Å². The number of fused-ring (bicyclic) bond motifs is 1. The maximum atomic E-state index is 14.4. The zero-order valence-corrected chi connectivity index (χ0v) is 28.4. The van der Waals surface area contributed by atoms with Crippen molar-refractivity contribution in [3.8, 4) is 17.5 Å². The highest BCUT2D eigenvalue weighted by Crippen LogP contribution is 2.33. The molecule has 11 nitrogen and oxygen atoms in total. The molecule has 2 atom stereocenters. The molecule has 0 spiro atoms. The molecule has 2 aromatic carbocycles. The average Bonchev–Trinajstić information content (AvgIpc) is 3.11. The topological polar surface area (TPSA) is 106 Å². The molecule has 13 heteroatoms. The second-order valence-corrected chi connectivity index (χ2v) is 13.2. The first-order valence-corrected chi connectivity index (χ1v) is 17.1. The molecule has 7 rings (SSSR count). The lowest BCUT2D eigenvalue weighted by atomic mass is 10.0. The Hall–Kier alpha value is -4.39. The number of hydrogen-bond acceptors (Lipinski definition) is 10. The van der Waals surface area contributed by atoms with Crippen LogP contribution in [0.3, 0.4) is 0 Å². The number of pyridine rings is 1. The van der Waals surface area contributed by atoms with Crippen LogP contribution in [0.25, 0.3) is 0 Å². The molecule has 3 aliphatic rings. The number of rotatable bonds is 8. The molecule has 0 bridgehead atoms. The van der Waals surface area contributed by atoms with E-state index in [2.05, 4.69) is 49.3 Å². The minimum Gasteiger partial charge on any atom is -0.490 e. The number of nitrogens with zero attached hydrogens (tertiary/aromatic N) is 7. The standard InChI is InChI=1S/C36H39ClFN7O4/c1-23-21-47-22-24(2)45(23)35(46)28-18-26(38)8-9-31(28)49-36-40-34(33(37)41-42-36)44-16-11-27(12-17-44)48-32-10-14-39-30-13-15-43(20-29(30)32)19-25-6-4-3-5-7-25/h3-10,14,18,23-24,27H,11-13,15-17,19-22H2,1-2H3/t23-,24+. The van der Waals surface area contributed by atoms with Gasteiger partial charge >= 0.3 is 6.01 Å². The number of benzene rings is 2. The quantitative estimate of drug-likeness (QED) is 0.229. The fourth-order valence-electron chi connectivity index (χ4n) is 6.85. The Balaban J connectivity index is 1.01. The molecule has 2 fully saturated rings. The van der Waals surface area contributed by atoms with Gasteiger partial charge in [-0.25, -0.2) is 4.39 Å². The third-order valence-electron chi connectivity index (χ3n) is 9.32. The van der Waals surface area contributed by atoms with Gasteiger partial charge in [-0.1, -0.05) is 47.0 Å². The molecule has 0 unspecified atom stereocenters. The third kappa shape index (κ3) is 7.46. The van der Waals surface area contributed by atoms with Crippen molar-refractivity contribution in [3.63, 3.8) is 0 Å². The molecule has 256 valence electrons. The molecule has 0 N–H and O–H groups in total. The minimum atomic E-state index is -0.554. The number of carbonyl (C=O) groups excluding carboxylic acids is 1. The number of piperidine rings is 1. The van der Waals surface area contributed by atoms with Crippen LogP contribution in [0.15, 0.2) is 60.8 Å². The van der Waals surface area contributed by atoms with Crippen LogP contribution in [-0.4, -0.2) is 86.9 Å². The van der Waals surface area contributed by atoms with Crippen LogP contribution >= 0.6 is 11.6 Å². The van der Waals surface area contributed by atoms with Crippen LogP contribution in [-0.2, 0) is 24.2 Å². The number of morpholine rings is 1. The number of carbonyl (C=O) groups is 1. The summed E-state index contributed by atoms with van der Waals surface area (Å²) < 4.78 is 32.5. The molecule has 0 saturated carbocycles. The lowest BCUT2D eigenvalue weighted by Gasteiger charge is -2.39. The number of ether oxygens (including phenoxy) is 3. The van der Waals surface area contributed by atoms with E-state index < -0.39 is 5.82 Å². The molecule has 4 aromatic rings. The van der Waals surface area contributed by atoms with Crippen LogP contribution in [0.1, 0.15) is 53.9 Å². The molecular formula is C36H39ClFN7O4. The fraction of sp³-hybridized carbons (Fsp3) is 0.417. The van der Waals surface area contributed by atoms with Gasteiger partial charge in [0.25, 0.3) is 5.91 Å². The normalized spacial score (nSPS) is 20.2. The van der Waals surface area contributed by atoms with Crippen molar-refractivity contribution in [1.82, 2.24) is 30.0 Å². The summed E-state index contributed by atoms with van der Waals surface area (Å²) in [4.78, 5) is 29.0. The van der Waals surface area contributed by atoms with Gasteiger partial charge in [0.05, 0.1) is 30.9 Å². The highest BCUT2D eigenvalue weighted by atomic mass is 35.5. The Labute approximate surface area is 290 Å². The van der Waals surface area contributed by atoms with E-state index in [9.17, 15) is 9.18 Å². The Morgan fingerprint density at radius 2 is 1.78 bits per heavy atom. The van der Waals surface area contributed by atoms with E-state index in [1.807, 2.05) is 37.1 Å². The summed E-state index contributed by atoms with van der Waals surface area (Å²) in [5.41, 5.74) is 3.62. The Bertz CT molecular complexity index is 1780. The molecule has 3 aliphatic heterocycles. The highest BCUT2D eigenvalue weighted by Gasteiger charge is 2.33. The van der Waals surface area contributed by atoms with Crippen molar-refractivity contribution < 1.29 is 23.4 Å². The van der Waals surface area contributed by atoms with Crippen molar-refractivity contribution >= 4 is 23.3 Å². The Kier molecular flexibility index (Phi) is 9.88. The summed E-state index contributed by atoms with van der Waals surface area (Å²) in [6.45, 7) is 8.48. The fourth-order valence-corrected chi connectivity index (χ4v) is 7.05. The number of anilines is 1. The second-order valence-electron chi connectivity index (χ2n) is 12.9. The molecule has 2 aromatic heterocycles. The lowest BCUT2D eigenvalue weighted by Crippen LogP contribution is -2.52. The first kappa shape index (κ1) is 33.1. The Morgan fingerprint density at radius 1 is 1.00 bits per heavy atom. The summed E-state index contributed by atoms with van der Waals surface area (Å²) in [5.74, 6) is 0.531. The maximum absolute atomic E-state index is 14.4. The van der Waals surface area contributed by atoms with Gasteiger partial charge < -0.3 is 24.0 Å². The van der Waals surface area contributed by atoms with Crippen molar-refractivity contribution in [1.29, 1.82) is 0 Å². The van der Waals surface area contributed by atoms with Crippen LogP contribution in [0, 0.1) is 5.82 Å². The number of hydrogen-bond donors (Lipinski definition) is 0. The van der Waals surface area contributed by atoms with Gasteiger partial charge in [0.1, 0.15) is 23.4 Å². The molecule has 1 amide bonds. The largest absolute Gasteiger partial charge is 0.490 e. The zero-order valence-electron chi connectivity index (χ0n) is 27.6. The summed E-state index contributed by atoms with van der Waals surface area (Å²) in [6.07, 6.45) is 4.23. The van der Waals surface area contributed by atoms with Gasteiger partial charge in [0, 0.05) is 69.4 Å². The zero-order chi connectivity index (χ0) is 33.9. The molecule has 49 heavy (non-hydrogen) atoms. The van der Waals surface area contributed by atoms with E-state index in [1.165, 1.54) is 23.8 Å². The van der Waals surface area contributed by atoms with Crippen LogP contribution in [0.2, 0.25) is 5.15 Å². The van der Waals surface area contributed by atoms with Gasteiger partial charge in [-0.05, 0) is 43.7 Å². The van der Waals surface area contributed by atoms with E-state index in [-0.39, 0.29) is 46.6 Å². The van der Waals surface area contributed by atoms with Crippen molar-refractivity contribution in [3.05, 3.63) is 94.1 Å². The van der Waals surface area contributed by atoms with E-state index >= 15 is 0 Å². The summed E-state index contributed by atoms with van der Waals surface area (Å²) in [5, 5.41) is 8.25. The number of aromatic nitrogens is 4. The van der Waals surface area contributed by atoms with E-state index in [0.717, 1.165) is 55.9 Å². The SMILES string of the molecule is C[C@@H]1COC[C@H](C)N1C(=O)c1cc(F)ccc1Oc1nnc(Cl)c(N2CCC(Oc3ccnc4c3CN(Cc3ccccc3)CC4)CC2)n1. The maximum Gasteiger partial charge on any atom is 0.343 e. The van der Waals surface area contributed by atoms with Gasteiger partial charge in [0.15, 0.2) is 11.0 Å². The number of halogens is 2. The van der Waals surface area contributed by atoms with E-state index in [0.29, 0.717) is 32.1 Å². The predicted octanol–water partition coefficient (Wildman–Crippen LogP) is 5.71. The lowest BCUT2D eigenvalue weighted by molar-refractivity contribution is -0.0250. The second kappa shape index (κ2) is 14.6. The van der Waals surface area contributed by atoms with Crippen molar-refractivity contribution in [2.75, 3.05) is 37.7 Å². The molecule has 0 aliphatic carbocycles. The first-order chi connectivity index (χ1) is 23.8. The summed E-state index contributed by atoms with van der Waals surface area (Å²) in [6, 6.07) is 15.8. The van der Waals surface area contributed by atoms with Gasteiger partial charge in [-0.2, -0.15) is 4.98 Å². The predicted molar refractivity (Wildman–Crippen MR) is 182 cm³/mol. The molecule has 0 radical (unpaired) electrons. The first-order valence-electron chi connectivity index (χ1n) is 16.7. The Morgan fingerprint density at radius 3 is 2.55 bits per heavy atom. The minimum absolute atomic E-state index is 0.00861. The molecule has 5 heterocycles. The van der Waals surface area contributed by atoms with Crippen LogP contribution in [0.5, 0.6) is 17.5 Å². The average molecular weight is 688 g/mol. The molecular weight excluding hydrogens is 649 g/mol. The molecule has 2 saturated heterocycles. The third-order valence-corrected chi connectivity index (χ3v) is 9.56. The van der Waals surface area contributed by atoms with Crippen LogP contribution < -0.4 is 14.4 Å². The summed E-state index contributed by atoms with van der Waals surface area (Å²) in [7, 11) is 0. The van der Waals surface area contributed by atoms with E-state index in [1.54, 1.807) is 4.90 Å². The summed E-state index contributed by atoms with van der Waals surface area (Å²) >= 11 is 6.49. The smallest absolute Gasteiger partial charge is 0.343 e. The van der Waals surface area contributed by atoms with Gasteiger partial charge in [-0.3, -0.25) is 14.7 Å². The number of amides is 1. The highest BCUT2D eigenvalue weighted by molar-refractivity contribution is 6.31.